The number of halogens is 2. The Morgan fingerprint density at radius 3 is 2.67 bits per heavy atom. The van der Waals surface area contributed by atoms with Crippen LogP contribution in [-0.4, -0.2) is 20.3 Å². The van der Waals surface area contributed by atoms with E-state index in [2.05, 4.69) is 0 Å². The molecule has 0 saturated carbocycles. The molecule has 0 radical (unpaired) electrons. The topological polar surface area (TPSA) is 44.5 Å². The second kappa shape index (κ2) is 5.50. The third-order valence-electron chi connectivity index (χ3n) is 1.82. The Morgan fingerprint density at radius 1 is 1.27 bits per heavy atom. The first-order chi connectivity index (χ1) is 7.16. The summed E-state index contributed by atoms with van der Waals surface area (Å²) in [5, 5.41) is 0. The molecule has 1 rings (SSSR count). The van der Waals surface area contributed by atoms with Gasteiger partial charge in [0.05, 0.1) is 12.3 Å². The van der Waals surface area contributed by atoms with Crippen LogP contribution in [0, 0.1) is 11.6 Å². The Bertz CT molecular complexity index is 331. The van der Waals surface area contributed by atoms with Gasteiger partial charge in [-0.1, -0.05) is 0 Å². The lowest BCUT2D eigenvalue weighted by Crippen LogP contribution is -2.05. The Hall–Kier alpha value is -1.36. The zero-order valence-electron chi connectivity index (χ0n) is 8.43. The van der Waals surface area contributed by atoms with E-state index in [-0.39, 0.29) is 18.0 Å². The fourth-order valence-electron chi connectivity index (χ4n) is 1.07. The van der Waals surface area contributed by atoms with Gasteiger partial charge in [0.25, 0.3) is 0 Å². The van der Waals surface area contributed by atoms with Crippen LogP contribution in [-0.2, 0) is 4.74 Å². The molecule has 0 amide bonds. The average Bonchev–Trinajstić information content (AvgIpc) is 2.23. The average molecular weight is 217 g/mol. The molecule has 0 bridgehead atoms. The van der Waals surface area contributed by atoms with Crippen LogP contribution >= 0.6 is 0 Å². The fourth-order valence-corrected chi connectivity index (χ4v) is 1.07. The second-order valence-electron chi connectivity index (χ2n) is 2.97. The number of rotatable bonds is 5. The van der Waals surface area contributed by atoms with Gasteiger partial charge in [-0.15, -0.1) is 0 Å². The minimum absolute atomic E-state index is 0.0892. The Labute approximate surface area is 86.8 Å². The molecule has 0 spiro atoms. The van der Waals surface area contributed by atoms with Crippen molar-refractivity contribution in [3.8, 4) is 5.75 Å². The van der Waals surface area contributed by atoms with Crippen molar-refractivity contribution in [1.82, 2.24) is 0 Å². The number of anilines is 1. The highest BCUT2D eigenvalue weighted by Crippen LogP contribution is 2.27. The summed E-state index contributed by atoms with van der Waals surface area (Å²) < 4.78 is 35.8. The first-order valence-electron chi connectivity index (χ1n) is 4.52. The maximum absolute atomic E-state index is 13.2. The number of methoxy groups -OCH3 is 1. The molecule has 2 N–H and O–H groups in total. The molecule has 0 aromatic heterocycles. The Morgan fingerprint density at radius 2 is 2.00 bits per heavy atom. The van der Waals surface area contributed by atoms with Crippen molar-refractivity contribution in [2.45, 2.75) is 6.42 Å². The second-order valence-corrected chi connectivity index (χ2v) is 2.97. The summed E-state index contributed by atoms with van der Waals surface area (Å²) in [5.41, 5.74) is 5.53. The lowest BCUT2D eigenvalue weighted by atomic mass is 10.3. The van der Waals surface area contributed by atoms with Crippen LogP contribution in [0.3, 0.4) is 0 Å². The van der Waals surface area contributed by atoms with Gasteiger partial charge in [-0.3, -0.25) is 0 Å². The zero-order chi connectivity index (χ0) is 11.3. The quantitative estimate of drug-likeness (QED) is 0.605. The predicted octanol–water partition coefficient (Wildman–Crippen LogP) is 1.96. The van der Waals surface area contributed by atoms with E-state index in [9.17, 15) is 8.78 Å². The predicted molar refractivity (Wildman–Crippen MR) is 52.8 cm³/mol. The number of ether oxygens (including phenoxy) is 2. The number of benzene rings is 1. The first kappa shape index (κ1) is 11.7. The van der Waals surface area contributed by atoms with Gasteiger partial charge in [-0.05, 0) is 12.1 Å². The molecule has 3 nitrogen and oxygen atoms in total. The Balaban J connectivity index is 2.63. The van der Waals surface area contributed by atoms with Crippen molar-refractivity contribution in [3.05, 3.63) is 23.8 Å². The third kappa shape index (κ3) is 3.06. The molecule has 0 heterocycles. The molecular formula is C10H13F2NO2. The molecule has 1 aromatic rings. The van der Waals surface area contributed by atoms with Crippen molar-refractivity contribution >= 4 is 5.69 Å². The number of nitrogen functional groups attached to an aromatic ring is 1. The summed E-state index contributed by atoms with van der Waals surface area (Å²) in [6.07, 6.45) is 0.589. The lowest BCUT2D eigenvalue weighted by Gasteiger charge is -2.09. The highest BCUT2D eigenvalue weighted by molar-refractivity contribution is 5.53. The molecule has 84 valence electrons. The van der Waals surface area contributed by atoms with E-state index in [4.69, 9.17) is 15.2 Å². The smallest absolute Gasteiger partial charge is 0.202 e. The molecule has 5 heteroatoms. The van der Waals surface area contributed by atoms with Crippen LogP contribution in [0.2, 0.25) is 0 Å². The van der Waals surface area contributed by atoms with Crippen LogP contribution in [0.15, 0.2) is 12.1 Å². The van der Waals surface area contributed by atoms with Crippen molar-refractivity contribution in [2.75, 3.05) is 26.1 Å². The van der Waals surface area contributed by atoms with Gasteiger partial charge in [0.2, 0.25) is 5.82 Å². The van der Waals surface area contributed by atoms with Gasteiger partial charge < -0.3 is 15.2 Å². The van der Waals surface area contributed by atoms with Crippen molar-refractivity contribution in [1.29, 1.82) is 0 Å². The summed E-state index contributed by atoms with van der Waals surface area (Å²) >= 11 is 0. The molecule has 0 unspecified atom stereocenters. The van der Waals surface area contributed by atoms with Crippen LogP contribution in [0.4, 0.5) is 14.5 Å². The molecule has 0 atom stereocenters. The lowest BCUT2D eigenvalue weighted by molar-refractivity contribution is 0.170. The molecule has 0 aliphatic heterocycles. The van der Waals surface area contributed by atoms with Gasteiger partial charge in [0.1, 0.15) is 0 Å². The minimum Gasteiger partial charge on any atom is -0.488 e. The molecule has 0 fully saturated rings. The maximum atomic E-state index is 13.2. The molecule has 1 aromatic carbocycles. The highest BCUT2D eigenvalue weighted by Gasteiger charge is 2.12. The molecule has 15 heavy (non-hydrogen) atoms. The standard InChI is InChI=1S/C10H13F2NO2/c1-14-5-2-6-15-10-8(13)4-3-7(11)9(10)12/h3-4H,2,5-6,13H2,1H3. The van der Waals surface area contributed by atoms with Gasteiger partial charge in [0, 0.05) is 20.1 Å². The summed E-state index contributed by atoms with van der Waals surface area (Å²) in [5.74, 6) is -2.25. The van der Waals surface area contributed by atoms with E-state index in [1.807, 2.05) is 0 Å². The maximum Gasteiger partial charge on any atom is 0.202 e. The van der Waals surface area contributed by atoms with E-state index in [1.54, 1.807) is 7.11 Å². The van der Waals surface area contributed by atoms with Crippen molar-refractivity contribution in [3.63, 3.8) is 0 Å². The number of nitrogens with two attached hydrogens (primary N) is 1. The molecule has 0 aliphatic rings. The van der Waals surface area contributed by atoms with E-state index in [0.29, 0.717) is 13.0 Å². The zero-order valence-corrected chi connectivity index (χ0v) is 8.43. The van der Waals surface area contributed by atoms with Crippen LogP contribution in [0.5, 0.6) is 5.75 Å². The summed E-state index contributed by atoms with van der Waals surface area (Å²) in [4.78, 5) is 0. The van der Waals surface area contributed by atoms with Crippen molar-refractivity contribution in [2.24, 2.45) is 0 Å². The highest BCUT2D eigenvalue weighted by atomic mass is 19.2. The van der Waals surface area contributed by atoms with E-state index >= 15 is 0 Å². The summed E-state index contributed by atoms with van der Waals surface area (Å²) in [7, 11) is 1.55. The Kier molecular flexibility index (Phi) is 4.30. The van der Waals surface area contributed by atoms with E-state index in [1.165, 1.54) is 6.07 Å². The SMILES string of the molecule is COCCCOc1c(N)ccc(F)c1F. The largest absolute Gasteiger partial charge is 0.488 e. The summed E-state index contributed by atoms with van der Waals surface area (Å²) in [6.45, 7) is 0.731. The summed E-state index contributed by atoms with van der Waals surface area (Å²) in [6, 6.07) is 2.23. The van der Waals surface area contributed by atoms with Crippen LogP contribution in [0.1, 0.15) is 6.42 Å². The monoisotopic (exact) mass is 217 g/mol. The van der Waals surface area contributed by atoms with Gasteiger partial charge in [-0.2, -0.15) is 4.39 Å². The normalized spacial score (nSPS) is 10.3. The third-order valence-corrected chi connectivity index (χ3v) is 1.82. The minimum atomic E-state index is -1.05. The van der Waals surface area contributed by atoms with E-state index in [0.717, 1.165) is 6.07 Å². The van der Waals surface area contributed by atoms with Crippen LogP contribution < -0.4 is 10.5 Å². The number of hydrogen-bond donors (Lipinski definition) is 1. The molecule has 0 saturated heterocycles. The molecular weight excluding hydrogens is 204 g/mol. The first-order valence-corrected chi connectivity index (χ1v) is 4.52. The fraction of sp³-hybridized carbons (Fsp3) is 0.400. The van der Waals surface area contributed by atoms with Crippen LogP contribution in [0.25, 0.3) is 0 Å². The number of hydrogen-bond acceptors (Lipinski definition) is 3. The van der Waals surface area contributed by atoms with Crippen molar-refractivity contribution < 1.29 is 18.3 Å². The van der Waals surface area contributed by atoms with E-state index < -0.39 is 11.6 Å². The van der Waals surface area contributed by atoms with Gasteiger partial charge in [0.15, 0.2) is 11.6 Å². The van der Waals surface area contributed by atoms with Gasteiger partial charge in [-0.25, -0.2) is 4.39 Å². The molecule has 0 aliphatic carbocycles. The van der Waals surface area contributed by atoms with Gasteiger partial charge >= 0.3 is 0 Å².